The number of carbonyl (C=O) groups is 1. The van der Waals surface area contributed by atoms with E-state index < -0.39 is 0 Å². The molecule has 2 aromatic carbocycles. The number of carbonyl (C=O) groups excluding carboxylic acids is 1. The summed E-state index contributed by atoms with van der Waals surface area (Å²) in [6.07, 6.45) is 3.10. The Bertz CT molecular complexity index is 726. The summed E-state index contributed by atoms with van der Waals surface area (Å²) in [5.41, 5.74) is 8.80. The van der Waals surface area contributed by atoms with Gasteiger partial charge in [0.2, 0.25) is 5.91 Å². The molecule has 5 heteroatoms. The molecule has 0 aromatic heterocycles. The smallest absolute Gasteiger partial charge is 0.243 e. The number of amides is 1. The number of hydrogen-bond acceptors (Lipinski definition) is 2. The molecule has 2 rings (SSSR count). The third kappa shape index (κ3) is 5.89. The monoisotopic (exact) mass is 341 g/mol. The highest BCUT2D eigenvalue weighted by Gasteiger charge is 2.00. The third-order valence-electron chi connectivity index (χ3n) is 3.31. The van der Waals surface area contributed by atoms with Gasteiger partial charge in [-0.2, -0.15) is 0 Å². The Morgan fingerprint density at radius 3 is 2.62 bits per heavy atom. The fourth-order valence-electron chi connectivity index (χ4n) is 2.11. The Hall–Kier alpha value is -2.59. The largest absolute Gasteiger partial charge is 0.386 e. The summed E-state index contributed by atoms with van der Waals surface area (Å²) in [6.45, 7) is 0.812. The van der Waals surface area contributed by atoms with E-state index in [0.29, 0.717) is 18.9 Å². The molecule has 3 N–H and O–H groups in total. The molecule has 0 bridgehead atoms. The SMILES string of the molecule is NC(CCl)=NC/C=C/C(=O)NCc1cccc(-c2ccccc2)c1. The lowest BCUT2D eigenvalue weighted by molar-refractivity contribution is -0.116. The molecule has 0 aliphatic heterocycles. The van der Waals surface area contributed by atoms with Crippen LogP contribution in [0.2, 0.25) is 0 Å². The van der Waals surface area contributed by atoms with Crippen molar-refractivity contribution in [1.82, 2.24) is 5.32 Å². The van der Waals surface area contributed by atoms with Crippen LogP contribution in [0.1, 0.15) is 5.56 Å². The van der Waals surface area contributed by atoms with Crippen molar-refractivity contribution in [1.29, 1.82) is 0 Å². The van der Waals surface area contributed by atoms with Crippen molar-refractivity contribution in [3.05, 3.63) is 72.3 Å². The van der Waals surface area contributed by atoms with E-state index in [1.807, 2.05) is 30.3 Å². The fourth-order valence-corrected chi connectivity index (χ4v) is 2.20. The molecule has 0 fully saturated rings. The molecular weight excluding hydrogens is 322 g/mol. The van der Waals surface area contributed by atoms with Crippen LogP contribution < -0.4 is 11.1 Å². The number of nitrogens with two attached hydrogens (primary N) is 1. The summed E-state index contributed by atoms with van der Waals surface area (Å²) in [4.78, 5) is 15.8. The summed E-state index contributed by atoms with van der Waals surface area (Å²) in [7, 11) is 0. The Labute approximate surface area is 147 Å². The highest BCUT2D eigenvalue weighted by molar-refractivity contribution is 6.27. The third-order valence-corrected chi connectivity index (χ3v) is 3.58. The van der Waals surface area contributed by atoms with Gasteiger partial charge in [0.05, 0.1) is 12.4 Å². The summed E-state index contributed by atoms with van der Waals surface area (Å²) < 4.78 is 0. The summed E-state index contributed by atoms with van der Waals surface area (Å²) in [6, 6.07) is 18.2. The van der Waals surface area contributed by atoms with Crippen LogP contribution >= 0.6 is 11.6 Å². The molecule has 0 aliphatic rings. The van der Waals surface area contributed by atoms with Crippen LogP contribution in [-0.4, -0.2) is 24.2 Å². The molecule has 0 heterocycles. The average Bonchev–Trinajstić information content (AvgIpc) is 2.64. The number of alkyl halides is 1. The Morgan fingerprint density at radius 1 is 1.12 bits per heavy atom. The predicted molar refractivity (Wildman–Crippen MR) is 100 cm³/mol. The van der Waals surface area contributed by atoms with Crippen LogP contribution in [0.4, 0.5) is 0 Å². The highest BCUT2D eigenvalue weighted by atomic mass is 35.5. The van der Waals surface area contributed by atoms with Crippen molar-refractivity contribution in [3.8, 4) is 11.1 Å². The first-order valence-electron chi connectivity index (χ1n) is 7.62. The minimum Gasteiger partial charge on any atom is -0.386 e. The fraction of sp³-hybridized carbons (Fsp3) is 0.158. The molecule has 0 saturated carbocycles. The lowest BCUT2D eigenvalue weighted by atomic mass is 10.0. The van der Waals surface area contributed by atoms with Gasteiger partial charge in [-0.05, 0) is 22.8 Å². The lowest BCUT2D eigenvalue weighted by Gasteiger charge is -2.06. The molecule has 0 aliphatic carbocycles. The van der Waals surface area contributed by atoms with E-state index in [0.717, 1.165) is 16.7 Å². The van der Waals surface area contributed by atoms with Crippen molar-refractivity contribution in [3.63, 3.8) is 0 Å². The van der Waals surface area contributed by atoms with E-state index >= 15 is 0 Å². The van der Waals surface area contributed by atoms with Crippen LogP contribution in [-0.2, 0) is 11.3 Å². The molecule has 24 heavy (non-hydrogen) atoms. The number of halogens is 1. The van der Waals surface area contributed by atoms with Gasteiger partial charge in [-0.15, -0.1) is 11.6 Å². The number of rotatable bonds is 7. The van der Waals surface area contributed by atoms with Crippen LogP contribution in [0, 0.1) is 0 Å². The standard InChI is InChI=1S/C19H20ClN3O/c20-13-18(21)22-11-5-10-19(24)23-14-15-6-4-9-17(12-15)16-7-2-1-3-8-16/h1-10,12H,11,13-14H2,(H2,21,22)(H,23,24)/b10-5+. The Kier molecular flexibility index (Phi) is 7.05. The van der Waals surface area contributed by atoms with Crippen LogP contribution in [0.3, 0.4) is 0 Å². The van der Waals surface area contributed by atoms with Crippen LogP contribution in [0.5, 0.6) is 0 Å². The summed E-state index contributed by atoms with van der Waals surface area (Å²) in [5, 5.41) is 2.85. The van der Waals surface area contributed by atoms with E-state index in [2.05, 4.69) is 34.6 Å². The van der Waals surface area contributed by atoms with E-state index in [1.165, 1.54) is 6.08 Å². The van der Waals surface area contributed by atoms with Crippen LogP contribution in [0.25, 0.3) is 11.1 Å². The number of aliphatic imine (C=N–C) groups is 1. The average molecular weight is 342 g/mol. The maximum atomic E-state index is 11.8. The zero-order chi connectivity index (χ0) is 17.2. The van der Waals surface area contributed by atoms with E-state index in [9.17, 15) is 4.79 Å². The van der Waals surface area contributed by atoms with E-state index in [4.69, 9.17) is 17.3 Å². The molecule has 0 unspecified atom stereocenters. The molecule has 0 radical (unpaired) electrons. The first kappa shape index (κ1) is 17.8. The minimum atomic E-state index is -0.167. The van der Waals surface area contributed by atoms with E-state index in [1.54, 1.807) is 6.08 Å². The van der Waals surface area contributed by atoms with Crippen molar-refractivity contribution < 1.29 is 4.79 Å². The van der Waals surface area contributed by atoms with Gasteiger partial charge in [-0.1, -0.05) is 54.6 Å². The normalized spacial score (nSPS) is 11.6. The predicted octanol–water partition coefficient (Wildman–Crippen LogP) is 3.12. The summed E-state index contributed by atoms with van der Waals surface area (Å²) in [5.74, 6) is 0.386. The molecule has 0 spiro atoms. The van der Waals surface area contributed by atoms with Gasteiger partial charge in [-0.25, -0.2) is 0 Å². The van der Waals surface area contributed by atoms with Crippen molar-refractivity contribution >= 4 is 23.3 Å². The first-order chi connectivity index (χ1) is 11.7. The van der Waals surface area contributed by atoms with Crippen LogP contribution in [0.15, 0.2) is 71.7 Å². The summed E-state index contributed by atoms with van der Waals surface area (Å²) >= 11 is 5.51. The zero-order valence-corrected chi connectivity index (χ0v) is 14.0. The Balaban J connectivity index is 1.88. The number of nitrogens with zero attached hydrogens (tertiary/aromatic N) is 1. The second kappa shape index (κ2) is 9.53. The molecule has 124 valence electrons. The second-order valence-electron chi connectivity index (χ2n) is 5.15. The topological polar surface area (TPSA) is 67.5 Å². The number of benzene rings is 2. The second-order valence-corrected chi connectivity index (χ2v) is 5.42. The van der Waals surface area contributed by atoms with Gasteiger partial charge < -0.3 is 11.1 Å². The lowest BCUT2D eigenvalue weighted by Crippen LogP contribution is -2.20. The van der Waals surface area contributed by atoms with Gasteiger partial charge in [0.1, 0.15) is 5.84 Å². The van der Waals surface area contributed by atoms with Crippen molar-refractivity contribution in [2.24, 2.45) is 10.7 Å². The van der Waals surface area contributed by atoms with Gasteiger partial charge in [-0.3, -0.25) is 9.79 Å². The van der Waals surface area contributed by atoms with Gasteiger partial charge >= 0.3 is 0 Å². The zero-order valence-electron chi connectivity index (χ0n) is 13.3. The molecular formula is C19H20ClN3O. The van der Waals surface area contributed by atoms with Gasteiger partial charge in [0.15, 0.2) is 0 Å². The molecule has 0 saturated heterocycles. The van der Waals surface area contributed by atoms with Gasteiger partial charge in [0.25, 0.3) is 0 Å². The van der Waals surface area contributed by atoms with Gasteiger partial charge in [0, 0.05) is 12.6 Å². The maximum absolute atomic E-state index is 11.8. The number of hydrogen-bond donors (Lipinski definition) is 2. The maximum Gasteiger partial charge on any atom is 0.243 e. The number of amidine groups is 1. The first-order valence-corrected chi connectivity index (χ1v) is 8.16. The van der Waals surface area contributed by atoms with Crippen molar-refractivity contribution in [2.75, 3.05) is 12.4 Å². The molecule has 4 nitrogen and oxygen atoms in total. The number of nitrogens with one attached hydrogen (secondary N) is 1. The molecule has 1 amide bonds. The molecule has 2 aromatic rings. The molecule has 0 atom stereocenters. The minimum absolute atomic E-state index is 0.167. The van der Waals surface area contributed by atoms with Crippen molar-refractivity contribution in [2.45, 2.75) is 6.54 Å². The Morgan fingerprint density at radius 2 is 1.88 bits per heavy atom. The quantitative estimate of drug-likeness (QED) is 0.351. The van der Waals surface area contributed by atoms with E-state index in [-0.39, 0.29) is 11.8 Å². The highest BCUT2D eigenvalue weighted by Crippen LogP contribution is 2.19.